The van der Waals surface area contributed by atoms with E-state index in [2.05, 4.69) is 9.56 Å². The van der Waals surface area contributed by atoms with E-state index >= 15 is 0 Å². The third-order valence-electron chi connectivity index (χ3n) is 2.52. The Hall–Kier alpha value is -1.35. The zero-order valence-electron chi connectivity index (χ0n) is 12.0. The van der Waals surface area contributed by atoms with Gasteiger partial charge in [-0.15, -0.1) is 0 Å². The second kappa shape index (κ2) is 6.40. The largest absolute Gasteiger partial charge is 0.497 e. The fourth-order valence-electron chi connectivity index (χ4n) is 1.65. The molecule has 0 unspecified atom stereocenters. The SMILES string of the molecule is COc1ccc(S(=O)(=O)NC(C)(C)CON)c(OC)c1. The summed E-state index contributed by atoms with van der Waals surface area (Å²) in [5.74, 6) is 5.69. The van der Waals surface area contributed by atoms with E-state index < -0.39 is 15.6 Å². The Balaban J connectivity index is 3.15. The normalized spacial score (nSPS) is 12.2. The van der Waals surface area contributed by atoms with Gasteiger partial charge in [-0.25, -0.2) is 19.0 Å². The van der Waals surface area contributed by atoms with Gasteiger partial charge in [0, 0.05) is 6.07 Å². The molecule has 20 heavy (non-hydrogen) atoms. The van der Waals surface area contributed by atoms with E-state index in [9.17, 15) is 8.42 Å². The summed E-state index contributed by atoms with van der Waals surface area (Å²) in [7, 11) is -0.894. The first-order chi connectivity index (χ1) is 9.25. The summed E-state index contributed by atoms with van der Waals surface area (Å²) in [5, 5.41) is 0. The van der Waals surface area contributed by atoms with Crippen molar-refractivity contribution in [1.82, 2.24) is 4.72 Å². The predicted octanol–water partition coefficient (Wildman–Crippen LogP) is 0.651. The van der Waals surface area contributed by atoms with Crippen molar-refractivity contribution in [2.75, 3.05) is 20.8 Å². The van der Waals surface area contributed by atoms with Crippen LogP contribution >= 0.6 is 0 Å². The molecular formula is C12H20N2O5S. The number of rotatable bonds is 7. The maximum atomic E-state index is 12.4. The Morgan fingerprint density at radius 3 is 2.40 bits per heavy atom. The van der Waals surface area contributed by atoms with E-state index in [0.29, 0.717) is 5.75 Å². The molecule has 1 aromatic rings. The molecule has 0 aliphatic carbocycles. The number of methoxy groups -OCH3 is 2. The van der Waals surface area contributed by atoms with Gasteiger partial charge in [-0.2, -0.15) is 0 Å². The lowest BCUT2D eigenvalue weighted by Gasteiger charge is -2.25. The molecule has 0 aromatic heterocycles. The standard InChI is InChI=1S/C12H20N2O5S/c1-12(2,8-19-13)14-20(15,16)11-6-5-9(17-3)7-10(11)18-4/h5-7,14H,8,13H2,1-4H3. The van der Waals surface area contributed by atoms with Gasteiger partial charge >= 0.3 is 0 Å². The Morgan fingerprint density at radius 1 is 1.25 bits per heavy atom. The lowest BCUT2D eigenvalue weighted by Crippen LogP contribution is -2.47. The monoisotopic (exact) mass is 304 g/mol. The molecule has 0 radical (unpaired) electrons. The van der Waals surface area contributed by atoms with Gasteiger partial charge in [0.05, 0.1) is 26.4 Å². The molecular weight excluding hydrogens is 284 g/mol. The second-order valence-corrected chi connectivity index (χ2v) is 6.47. The number of sulfonamides is 1. The maximum absolute atomic E-state index is 12.4. The number of ether oxygens (including phenoxy) is 2. The Labute approximate surface area is 119 Å². The summed E-state index contributed by atoms with van der Waals surface area (Å²) in [6.07, 6.45) is 0. The van der Waals surface area contributed by atoms with Crippen LogP contribution in [0.5, 0.6) is 11.5 Å². The highest BCUT2D eigenvalue weighted by Crippen LogP contribution is 2.29. The minimum absolute atomic E-state index is 0.0193. The quantitative estimate of drug-likeness (QED) is 0.718. The number of nitrogens with two attached hydrogens (primary N) is 1. The fraction of sp³-hybridized carbons (Fsp3) is 0.500. The molecule has 0 aliphatic heterocycles. The lowest BCUT2D eigenvalue weighted by molar-refractivity contribution is 0.0929. The highest BCUT2D eigenvalue weighted by Gasteiger charge is 2.28. The van der Waals surface area contributed by atoms with Crippen LogP contribution < -0.4 is 20.1 Å². The zero-order valence-corrected chi connectivity index (χ0v) is 12.8. The van der Waals surface area contributed by atoms with E-state index in [1.165, 1.54) is 26.4 Å². The van der Waals surface area contributed by atoms with E-state index in [1.54, 1.807) is 19.9 Å². The van der Waals surface area contributed by atoms with E-state index in [0.717, 1.165) is 0 Å². The Morgan fingerprint density at radius 2 is 1.90 bits per heavy atom. The molecule has 1 rings (SSSR count). The number of nitrogens with one attached hydrogen (secondary N) is 1. The second-order valence-electron chi connectivity index (χ2n) is 4.82. The molecule has 0 fully saturated rings. The zero-order chi connectivity index (χ0) is 15.4. The summed E-state index contributed by atoms with van der Waals surface area (Å²) < 4.78 is 37.4. The van der Waals surface area contributed by atoms with Gasteiger partial charge in [-0.3, -0.25) is 0 Å². The van der Waals surface area contributed by atoms with Crippen molar-refractivity contribution in [3.8, 4) is 11.5 Å². The molecule has 0 atom stereocenters. The summed E-state index contributed by atoms with van der Waals surface area (Å²) in [6.45, 7) is 3.35. The van der Waals surface area contributed by atoms with Crippen molar-refractivity contribution in [2.24, 2.45) is 5.90 Å². The van der Waals surface area contributed by atoms with Crippen LogP contribution in [0.1, 0.15) is 13.8 Å². The Bertz CT molecular complexity index is 557. The van der Waals surface area contributed by atoms with Gasteiger partial charge in [0.25, 0.3) is 0 Å². The lowest BCUT2D eigenvalue weighted by atomic mass is 10.1. The van der Waals surface area contributed by atoms with E-state index in [-0.39, 0.29) is 17.3 Å². The van der Waals surface area contributed by atoms with Crippen LogP contribution in [-0.2, 0) is 14.9 Å². The molecule has 114 valence electrons. The first kappa shape index (κ1) is 16.7. The highest BCUT2D eigenvalue weighted by molar-refractivity contribution is 7.89. The predicted molar refractivity (Wildman–Crippen MR) is 74.1 cm³/mol. The smallest absolute Gasteiger partial charge is 0.244 e. The summed E-state index contributed by atoms with van der Waals surface area (Å²) >= 11 is 0. The Kier molecular flexibility index (Phi) is 5.35. The van der Waals surface area contributed by atoms with E-state index in [1.807, 2.05) is 0 Å². The molecule has 8 heteroatoms. The van der Waals surface area contributed by atoms with Crippen LogP contribution in [0.2, 0.25) is 0 Å². The first-order valence-corrected chi connectivity index (χ1v) is 7.32. The van der Waals surface area contributed by atoms with Crippen molar-refractivity contribution >= 4 is 10.0 Å². The van der Waals surface area contributed by atoms with Crippen molar-refractivity contribution in [3.63, 3.8) is 0 Å². The van der Waals surface area contributed by atoms with Gasteiger partial charge in [0.2, 0.25) is 10.0 Å². The number of benzene rings is 1. The average Bonchev–Trinajstić information content (AvgIpc) is 2.36. The summed E-state index contributed by atoms with van der Waals surface area (Å²) in [6, 6.07) is 4.46. The molecule has 0 saturated carbocycles. The number of hydrogen-bond acceptors (Lipinski definition) is 6. The van der Waals surface area contributed by atoms with E-state index in [4.69, 9.17) is 15.4 Å². The van der Waals surface area contributed by atoms with Crippen LogP contribution in [0.15, 0.2) is 23.1 Å². The van der Waals surface area contributed by atoms with Crippen molar-refractivity contribution in [1.29, 1.82) is 0 Å². The maximum Gasteiger partial charge on any atom is 0.244 e. The molecule has 0 saturated heterocycles. The topological polar surface area (TPSA) is 99.9 Å². The average molecular weight is 304 g/mol. The van der Waals surface area contributed by atoms with Gasteiger partial charge in [-0.05, 0) is 26.0 Å². The van der Waals surface area contributed by atoms with Crippen LogP contribution in [0.25, 0.3) is 0 Å². The third kappa shape index (κ3) is 4.07. The van der Waals surface area contributed by atoms with Crippen molar-refractivity contribution in [3.05, 3.63) is 18.2 Å². The number of hydrogen-bond donors (Lipinski definition) is 2. The van der Waals surface area contributed by atoms with Gasteiger partial charge in [0.15, 0.2) is 0 Å². The summed E-state index contributed by atoms with van der Waals surface area (Å²) in [5.41, 5.74) is -0.849. The highest BCUT2D eigenvalue weighted by atomic mass is 32.2. The molecule has 7 nitrogen and oxygen atoms in total. The third-order valence-corrected chi connectivity index (χ3v) is 4.25. The van der Waals surface area contributed by atoms with Crippen LogP contribution in [-0.4, -0.2) is 34.8 Å². The van der Waals surface area contributed by atoms with Crippen molar-refractivity contribution in [2.45, 2.75) is 24.3 Å². The van der Waals surface area contributed by atoms with Gasteiger partial charge < -0.3 is 14.3 Å². The first-order valence-electron chi connectivity index (χ1n) is 5.83. The fourth-order valence-corrected chi connectivity index (χ4v) is 3.20. The van der Waals surface area contributed by atoms with Gasteiger partial charge in [-0.1, -0.05) is 0 Å². The van der Waals surface area contributed by atoms with Crippen molar-refractivity contribution < 1.29 is 22.7 Å². The van der Waals surface area contributed by atoms with Crippen LogP contribution in [0.3, 0.4) is 0 Å². The van der Waals surface area contributed by atoms with Gasteiger partial charge in [0.1, 0.15) is 16.4 Å². The van der Waals surface area contributed by atoms with Crippen LogP contribution in [0.4, 0.5) is 0 Å². The molecule has 3 N–H and O–H groups in total. The molecule has 0 spiro atoms. The molecule has 0 aliphatic rings. The molecule has 0 heterocycles. The summed E-state index contributed by atoms with van der Waals surface area (Å²) in [4.78, 5) is 4.52. The van der Waals surface area contributed by atoms with Crippen LogP contribution in [0, 0.1) is 0 Å². The molecule has 0 bridgehead atoms. The molecule has 1 aromatic carbocycles. The minimum atomic E-state index is -3.77. The molecule has 0 amide bonds. The minimum Gasteiger partial charge on any atom is -0.497 e.